The number of hydrogen-bond acceptors (Lipinski definition) is 2. The second-order valence-corrected chi connectivity index (χ2v) is 3.84. The van der Waals surface area contributed by atoms with Gasteiger partial charge in [0.25, 0.3) is 0 Å². The van der Waals surface area contributed by atoms with E-state index in [2.05, 4.69) is 0 Å². The number of phenolic OH excluding ortho intramolecular Hbond substituents is 1. The standard InChI is InChI=1S/C12H13NO2/c1-7-4-10-9(5-12(7)15)8(2)11(6-14)13(10)3/h4-6,15H,1-3H3. The SMILES string of the molecule is Cc1cc2c(cc1O)c(C)c(C=O)n2C. The summed E-state index contributed by atoms with van der Waals surface area (Å²) in [5.41, 5.74) is 3.37. The van der Waals surface area contributed by atoms with Crippen LogP contribution in [0.4, 0.5) is 0 Å². The van der Waals surface area contributed by atoms with Gasteiger partial charge >= 0.3 is 0 Å². The van der Waals surface area contributed by atoms with Gasteiger partial charge in [-0.15, -0.1) is 0 Å². The number of aryl methyl sites for hydroxylation is 3. The summed E-state index contributed by atoms with van der Waals surface area (Å²) in [6.45, 7) is 3.73. The molecule has 0 saturated heterocycles. The van der Waals surface area contributed by atoms with Crippen LogP contribution in [0.5, 0.6) is 5.75 Å². The Morgan fingerprint density at radius 3 is 2.60 bits per heavy atom. The van der Waals surface area contributed by atoms with E-state index >= 15 is 0 Å². The van der Waals surface area contributed by atoms with Crippen LogP contribution in [0.3, 0.4) is 0 Å². The monoisotopic (exact) mass is 203 g/mol. The van der Waals surface area contributed by atoms with Gasteiger partial charge < -0.3 is 9.67 Å². The van der Waals surface area contributed by atoms with Gasteiger partial charge in [0, 0.05) is 18.0 Å². The van der Waals surface area contributed by atoms with Crippen LogP contribution in [0.15, 0.2) is 12.1 Å². The molecule has 15 heavy (non-hydrogen) atoms. The highest BCUT2D eigenvalue weighted by atomic mass is 16.3. The fourth-order valence-electron chi connectivity index (χ4n) is 1.95. The molecular formula is C12H13NO2. The van der Waals surface area contributed by atoms with E-state index in [4.69, 9.17) is 0 Å². The van der Waals surface area contributed by atoms with Crippen LogP contribution < -0.4 is 0 Å². The lowest BCUT2D eigenvalue weighted by Gasteiger charge is -2.01. The topological polar surface area (TPSA) is 42.2 Å². The Kier molecular flexibility index (Phi) is 2.03. The molecule has 0 aliphatic carbocycles. The highest BCUT2D eigenvalue weighted by Gasteiger charge is 2.12. The molecule has 1 aromatic heterocycles. The number of aldehydes is 1. The maximum absolute atomic E-state index is 10.9. The smallest absolute Gasteiger partial charge is 0.166 e. The van der Waals surface area contributed by atoms with Gasteiger partial charge in [-0.2, -0.15) is 0 Å². The zero-order chi connectivity index (χ0) is 11.2. The summed E-state index contributed by atoms with van der Waals surface area (Å²) in [5.74, 6) is 0.272. The third-order valence-electron chi connectivity index (χ3n) is 2.94. The van der Waals surface area contributed by atoms with Crippen LogP contribution in [0, 0.1) is 13.8 Å². The molecule has 0 spiro atoms. The van der Waals surface area contributed by atoms with E-state index in [9.17, 15) is 9.90 Å². The Hall–Kier alpha value is -1.77. The minimum absolute atomic E-state index is 0.272. The number of carbonyl (C=O) groups excluding carboxylic acids is 1. The van der Waals surface area contributed by atoms with Crippen LogP contribution in [-0.4, -0.2) is 16.0 Å². The summed E-state index contributed by atoms with van der Waals surface area (Å²) >= 11 is 0. The van der Waals surface area contributed by atoms with E-state index in [0.29, 0.717) is 5.69 Å². The molecule has 1 aromatic carbocycles. The van der Waals surface area contributed by atoms with Crippen LogP contribution in [0.2, 0.25) is 0 Å². The molecule has 0 saturated carbocycles. The molecule has 1 heterocycles. The average Bonchev–Trinajstić information content (AvgIpc) is 2.42. The van der Waals surface area contributed by atoms with Crippen LogP contribution in [0.25, 0.3) is 10.9 Å². The highest BCUT2D eigenvalue weighted by molar-refractivity contribution is 5.94. The lowest BCUT2D eigenvalue weighted by atomic mass is 10.1. The summed E-state index contributed by atoms with van der Waals surface area (Å²) in [6.07, 6.45) is 0.849. The number of aromatic nitrogens is 1. The molecule has 0 atom stereocenters. The molecule has 0 unspecified atom stereocenters. The van der Waals surface area contributed by atoms with Gasteiger partial charge in [-0.3, -0.25) is 4.79 Å². The Morgan fingerprint density at radius 1 is 1.33 bits per heavy atom. The van der Waals surface area contributed by atoms with Crippen molar-refractivity contribution in [3.63, 3.8) is 0 Å². The molecule has 0 bridgehead atoms. The largest absolute Gasteiger partial charge is 0.508 e. The number of hydrogen-bond donors (Lipinski definition) is 1. The van der Waals surface area contributed by atoms with Crippen LogP contribution in [-0.2, 0) is 7.05 Å². The first-order valence-electron chi connectivity index (χ1n) is 4.80. The quantitative estimate of drug-likeness (QED) is 0.723. The molecule has 78 valence electrons. The lowest BCUT2D eigenvalue weighted by Crippen LogP contribution is -1.94. The Labute approximate surface area is 87.9 Å². The molecule has 2 aromatic rings. The predicted octanol–water partition coefficient (Wildman–Crippen LogP) is 2.31. The second kappa shape index (κ2) is 3.12. The molecule has 2 rings (SSSR count). The van der Waals surface area contributed by atoms with Crippen molar-refractivity contribution in [2.24, 2.45) is 7.05 Å². The van der Waals surface area contributed by atoms with E-state index in [1.54, 1.807) is 6.07 Å². The summed E-state index contributed by atoms with van der Waals surface area (Å²) in [6, 6.07) is 3.61. The van der Waals surface area contributed by atoms with Crippen molar-refractivity contribution >= 4 is 17.2 Å². The first-order chi connectivity index (χ1) is 7.06. The maximum Gasteiger partial charge on any atom is 0.166 e. The van der Waals surface area contributed by atoms with Gasteiger partial charge in [-0.05, 0) is 37.1 Å². The number of carbonyl (C=O) groups is 1. The van der Waals surface area contributed by atoms with Crippen LogP contribution in [0.1, 0.15) is 21.6 Å². The van der Waals surface area contributed by atoms with Crippen molar-refractivity contribution in [3.05, 3.63) is 29.0 Å². The summed E-state index contributed by atoms with van der Waals surface area (Å²) in [4.78, 5) is 10.9. The second-order valence-electron chi connectivity index (χ2n) is 3.84. The van der Waals surface area contributed by atoms with Crippen molar-refractivity contribution in [1.82, 2.24) is 4.57 Å². The zero-order valence-corrected chi connectivity index (χ0v) is 9.03. The van der Waals surface area contributed by atoms with E-state index in [-0.39, 0.29) is 5.75 Å². The summed E-state index contributed by atoms with van der Waals surface area (Å²) < 4.78 is 1.85. The number of aromatic hydroxyl groups is 1. The molecule has 3 heteroatoms. The van der Waals surface area contributed by atoms with Gasteiger partial charge in [0.05, 0.1) is 5.69 Å². The molecule has 0 aliphatic heterocycles. The fourth-order valence-corrected chi connectivity index (χ4v) is 1.95. The van der Waals surface area contributed by atoms with Crippen molar-refractivity contribution in [3.8, 4) is 5.75 Å². The zero-order valence-electron chi connectivity index (χ0n) is 9.03. The normalized spacial score (nSPS) is 10.9. The molecule has 0 amide bonds. The third kappa shape index (κ3) is 1.23. The maximum atomic E-state index is 10.9. The number of fused-ring (bicyclic) bond motifs is 1. The summed E-state index contributed by atoms with van der Waals surface area (Å²) in [7, 11) is 1.86. The fraction of sp³-hybridized carbons (Fsp3) is 0.250. The minimum atomic E-state index is 0.272. The molecule has 3 nitrogen and oxygen atoms in total. The highest BCUT2D eigenvalue weighted by Crippen LogP contribution is 2.29. The van der Waals surface area contributed by atoms with E-state index in [1.807, 2.05) is 31.5 Å². The van der Waals surface area contributed by atoms with Crippen molar-refractivity contribution < 1.29 is 9.90 Å². The molecular weight excluding hydrogens is 190 g/mol. The predicted molar refractivity (Wildman–Crippen MR) is 59.4 cm³/mol. The molecule has 0 aliphatic rings. The van der Waals surface area contributed by atoms with Gasteiger partial charge in [0.15, 0.2) is 6.29 Å². The Bertz CT molecular complexity index is 507. The van der Waals surface area contributed by atoms with Crippen molar-refractivity contribution in [1.29, 1.82) is 0 Å². The minimum Gasteiger partial charge on any atom is -0.508 e. The van der Waals surface area contributed by atoms with E-state index in [1.165, 1.54) is 0 Å². The van der Waals surface area contributed by atoms with E-state index < -0.39 is 0 Å². The van der Waals surface area contributed by atoms with Crippen molar-refractivity contribution in [2.45, 2.75) is 13.8 Å². The van der Waals surface area contributed by atoms with Crippen LogP contribution >= 0.6 is 0 Å². The Morgan fingerprint density at radius 2 is 2.00 bits per heavy atom. The van der Waals surface area contributed by atoms with Gasteiger partial charge in [-0.1, -0.05) is 0 Å². The number of nitrogens with zero attached hydrogens (tertiary/aromatic N) is 1. The molecule has 0 radical (unpaired) electrons. The Balaban J connectivity index is 2.96. The van der Waals surface area contributed by atoms with Gasteiger partial charge in [-0.25, -0.2) is 0 Å². The van der Waals surface area contributed by atoms with Gasteiger partial charge in [0.1, 0.15) is 5.75 Å². The number of benzene rings is 1. The average molecular weight is 203 g/mol. The van der Waals surface area contributed by atoms with E-state index in [0.717, 1.165) is 28.3 Å². The number of phenols is 1. The first kappa shape index (κ1) is 9.77. The number of rotatable bonds is 1. The molecule has 1 N–H and O–H groups in total. The molecule has 0 fully saturated rings. The third-order valence-corrected chi connectivity index (χ3v) is 2.94. The van der Waals surface area contributed by atoms with Crippen molar-refractivity contribution in [2.75, 3.05) is 0 Å². The lowest BCUT2D eigenvalue weighted by molar-refractivity contribution is 0.111. The first-order valence-corrected chi connectivity index (χ1v) is 4.80. The van der Waals surface area contributed by atoms with Gasteiger partial charge in [0.2, 0.25) is 0 Å². The summed E-state index contributed by atoms with van der Waals surface area (Å²) in [5, 5.41) is 10.6.